The molecule has 2 N–H and O–H groups in total. The summed E-state index contributed by atoms with van der Waals surface area (Å²) in [5.74, 6) is -0.835. The molecule has 20 heavy (non-hydrogen) atoms. The lowest BCUT2D eigenvalue weighted by Crippen LogP contribution is -2.44. The Labute approximate surface area is 120 Å². The Hall–Kier alpha value is -1.55. The largest absolute Gasteiger partial charge is 0.478 e. The van der Waals surface area contributed by atoms with Gasteiger partial charge in [0.15, 0.2) is 0 Å². The highest BCUT2D eigenvalue weighted by molar-refractivity contribution is 5.94. The summed E-state index contributed by atoms with van der Waals surface area (Å²) in [6.45, 7) is 7.01. The van der Waals surface area contributed by atoms with Gasteiger partial charge in [-0.05, 0) is 51.4 Å². The predicted molar refractivity (Wildman–Crippen MR) is 81.7 cm³/mol. The number of nitrogens with zero attached hydrogens (tertiary/aromatic N) is 1. The molecule has 0 atom stereocenters. The van der Waals surface area contributed by atoms with Gasteiger partial charge in [-0.3, -0.25) is 0 Å². The summed E-state index contributed by atoms with van der Waals surface area (Å²) in [6.07, 6.45) is 3.18. The van der Waals surface area contributed by atoms with Crippen molar-refractivity contribution in [1.29, 1.82) is 0 Å². The summed E-state index contributed by atoms with van der Waals surface area (Å²) < 4.78 is 0. The van der Waals surface area contributed by atoms with E-state index < -0.39 is 5.97 Å². The van der Waals surface area contributed by atoms with Crippen LogP contribution in [0.1, 0.15) is 42.1 Å². The van der Waals surface area contributed by atoms with Crippen molar-refractivity contribution in [2.45, 2.75) is 39.2 Å². The maximum Gasteiger partial charge on any atom is 0.337 e. The van der Waals surface area contributed by atoms with Crippen molar-refractivity contribution in [3.63, 3.8) is 0 Å². The van der Waals surface area contributed by atoms with E-state index in [9.17, 15) is 9.90 Å². The Morgan fingerprint density at radius 1 is 1.40 bits per heavy atom. The van der Waals surface area contributed by atoms with Crippen molar-refractivity contribution in [3.05, 3.63) is 29.3 Å². The van der Waals surface area contributed by atoms with Crippen LogP contribution in [0.5, 0.6) is 0 Å². The first-order chi connectivity index (χ1) is 9.63. The van der Waals surface area contributed by atoms with E-state index in [4.69, 9.17) is 0 Å². The lowest BCUT2D eigenvalue weighted by atomic mass is 10.0. The number of hydrogen-bond acceptors (Lipinski definition) is 3. The van der Waals surface area contributed by atoms with E-state index in [-0.39, 0.29) is 0 Å². The maximum absolute atomic E-state index is 11.5. The lowest BCUT2D eigenvalue weighted by molar-refractivity contribution is 0.0697. The molecule has 0 amide bonds. The van der Waals surface area contributed by atoms with Crippen LogP contribution in [0.3, 0.4) is 0 Å². The fourth-order valence-electron chi connectivity index (χ4n) is 2.93. The van der Waals surface area contributed by atoms with Crippen molar-refractivity contribution >= 4 is 11.7 Å². The number of nitrogens with one attached hydrogen (secondary N) is 1. The van der Waals surface area contributed by atoms with E-state index in [0.29, 0.717) is 11.6 Å². The Balaban J connectivity index is 2.35. The highest BCUT2D eigenvalue weighted by Crippen LogP contribution is 2.27. The molecule has 1 heterocycles. The van der Waals surface area contributed by atoms with E-state index in [0.717, 1.165) is 50.1 Å². The van der Waals surface area contributed by atoms with Gasteiger partial charge in [-0.25, -0.2) is 4.79 Å². The number of carboxylic acids is 1. The molecule has 1 aliphatic heterocycles. The second-order valence-corrected chi connectivity index (χ2v) is 5.50. The predicted octanol–water partition coefficient (Wildman–Crippen LogP) is 2.66. The minimum Gasteiger partial charge on any atom is -0.478 e. The van der Waals surface area contributed by atoms with E-state index in [1.807, 2.05) is 19.1 Å². The Morgan fingerprint density at radius 2 is 2.10 bits per heavy atom. The number of benzene rings is 1. The summed E-state index contributed by atoms with van der Waals surface area (Å²) >= 11 is 0. The van der Waals surface area contributed by atoms with E-state index in [1.54, 1.807) is 6.07 Å². The van der Waals surface area contributed by atoms with Gasteiger partial charge in [0, 0.05) is 12.6 Å². The first kappa shape index (κ1) is 14.9. The van der Waals surface area contributed by atoms with E-state index in [2.05, 4.69) is 17.1 Å². The topological polar surface area (TPSA) is 52.6 Å². The number of rotatable bonds is 5. The Kier molecular flexibility index (Phi) is 5.01. The number of carboxylic acid groups (broad SMARTS) is 1. The summed E-state index contributed by atoms with van der Waals surface area (Å²) in [6, 6.07) is 6.20. The maximum atomic E-state index is 11.5. The van der Waals surface area contributed by atoms with Crippen LogP contribution in [0.25, 0.3) is 0 Å². The van der Waals surface area contributed by atoms with E-state index >= 15 is 0 Å². The lowest BCUT2D eigenvalue weighted by Gasteiger charge is -2.37. The zero-order valence-corrected chi connectivity index (χ0v) is 12.4. The molecule has 0 radical (unpaired) electrons. The second-order valence-electron chi connectivity index (χ2n) is 5.50. The molecule has 1 fully saturated rings. The molecule has 110 valence electrons. The number of anilines is 1. The standard InChI is InChI=1S/C16H24N2O2/c1-3-10-18(13-6-8-17-9-7-13)15-5-4-12(2)11-14(15)16(19)20/h4-5,11,13,17H,3,6-10H2,1-2H3,(H,19,20). The smallest absolute Gasteiger partial charge is 0.337 e. The van der Waals surface area contributed by atoms with Gasteiger partial charge in [0.2, 0.25) is 0 Å². The molecule has 0 saturated carbocycles. The first-order valence-corrected chi connectivity index (χ1v) is 7.44. The quantitative estimate of drug-likeness (QED) is 0.868. The summed E-state index contributed by atoms with van der Waals surface area (Å²) in [7, 11) is 0. The van der Waals surface area contributed by atoms with Crippen LogP contribution >= 0.6 is 0 Å². The number of carbonyl (C=O) groups is 1. The molecular formula is C16H24N2O2. The van der Waals surface area contributed by atoms with Crippen LogP contribution in [0.15, 0.2) is 18.2 Å². The molecule has 0 aromatic heterocycles. The molecule has 4 nitrogen and oxygen atoms in total. The van der Waals surface area contributed by atoms with Crippen molar-refractivity contribution in [1.82, 2.24) is 5.32 Å². The number of hydrogen-bond donors (Lipinski definition) is 2. The third-order valence-electron chi connectivity index (χ3n) is 3.91. The van der Waals surface area contributed by atoms with Crippen LogP contribution < -0.4 is 10.2 Å². The molecule has 0 unspecified atom stereocenters. The fraction of sp³-hybridized carbons (Fsp3) is 0.562. The summed E-state index contributed by atoms with van der Waals surface area (Å²) in [5, 5.41) is 12.8. The van der Waals surface area contributed by atoms with Crippen LogP contribution in [0.2, 0.25) is 0 Å². The monoisotopic (exact) mass is 276 g/mol. The molecule has 1 aliphatic rings. The van der Waals surface area contributed by atoms with Crippen molar-refractivity contribution < 1.29 is 9.90 Å². The van der Waals surface area contributed by atoms with E-state index in [1.165, 1.54) is 0 Å². The van der Waals surface area contributed by atoms with Crippen molar-refractivity contribution in [2.24, 2.45) is 0 Å². The average Bonchev–Trinajstić information content (AvgIpc) is 2.46. The molecular weight excluding hydrogens is 252 g/mol. The van der Waals surface area contributed by atoms with Gasteiger partial charge in [-0.15, -0.1) is 0 Å². The molecule has 4 heteroatoms. The second kappa shape index (κ2) is 6.75. The fourth-order valence-corrected chi connectivity index (χ4v) is 2.93. The van der Waals surface area contributed by atoms with Crippen molar-refractivity contribution in [3.8, 4) is 0 Å². The first-order valence-electron chi connectivity index (χ1n) is 7.44. The van der Waals surface area contributed by atoms with Gasteiger partial charge in [-0.1, -0.05) is 18.6 Å². The van der Waals surface area contributed by atoms with Gasteiger partial charge in [0.25, 0.3) is 0 Å². The highest BCUT2D eigenvalue weighted by Gasteiger charge is 2.24. The minimum atomic E-state index is -0.835. The SMILES string of the molecule is CCCN(c1ccc(C)cc1C(=O)O)C1CCNCC1. The zero-order chi connectivity index (χ0) is 14.5. The van der Waals surface area contributed by atoms with Crippen molar-refractivity contribution in [2.75, 3.05) is 24.5 Å². The number of aromatic carboxylic acids is 1. The highest BCUT2D eigenvalue weighted by atomic mass is 16.4. The van der Waals surface area contributed by atoms with Gasteiger partial charge in [-0.2, -0.15) is 0 Å². The molecule has 2 rings (SSSR count). The van der Waals surface area contributed by atoms with Crippen LogP contribution in [0.4, 0.5) is 5.69 Å². The molecule has 1 saturated heterocycles. The Bertz CT molecular complexity index is 468. The third-order valence-corrected chi connectivity index (χ3v) is 3.91. The molecule has 0 spiro atoms. The van der Waals surface area contributed by atoms with Gasteiger partial charge in [0.1, 0.15) is 0 Å². The molecule has 1 aromatic rings. The number of aryl methyl sites for hydroxylation is 1. The molecule has 0 bridgehead atoms. The summed E-state index contributed by atoms with van der Waals surface area (Å²) in [5.41, 5.74) is 2.29. The van der Waals surface area contributed by atoms with Gasteiger partial charge < -0.3 is 15.3 Å². The van der Waals surface area contributed by atoms with Crippen LogP contribution in [-0.2, 0) is 0 Å². The van der Waals surface area contributed by atoms with Crippen LogP contribution in [-0.4, -0.2) is 36.8 Å². The zero-order valence-electron chi connectivity index (χ0n) is 12.4. The summed E-state index contributed by atoms with van der Waals surface area (Å²) in [4.78, 5) is 13.8. The third kappa shape index (κ3) is 3.31. The normalized spacial score (nSPS) is 16.1. The van der Waals surface area contributed by atoms with Crippen LogP contribution in [0, 0.1) is 6.92 Å². The Morgan fingerprint density at radius 3 is 2.70 bits per heavy atom. The number of piperidine rings is 1. The van der Waals surface area contributed by atoms with Gasteiger partial charge >= 0.3 is 5.97 Å². The average molecular weight is 276 g/mol. The van der Waals surface area contributed by atoms with Gasteiger partial charge in [0.05, 0.1) is 11.3 Å². The molecule has 1 aromatic carbocycles. The minimum absolute atomic E-state index is 0.428. The molecule has 0 aliphatic carbocycles.